The summed E-state index contributed by atoms with van der Waals surface area (Å²) in [4.78, 5) is 12.1. The summed E-state index contributed by atoms with van der Waals surface area (Å²) < 4.78 is 25.5. The molecule has 2 heterocycles. The van der Waals surface area contributed by atoms with Gasteiger partial charge in [0.05, 0.1) is 0 Å². The number of halogens is 2. The molecule has 1 aliphatic heterocycles. The van der Waals surface area contributed by atoms with E-state index < -0.39 is 6.43 Å². The highest BCUT2D eigenvalue weighted by atomic mass is 19.3. The van der Waals surface area contributed by atoms with Crippen molar-refractivity contribution in [2.24, 2.45) is 0 Å². The molecule has 1 aromatic heterocycles. The molecular weight excluding hydrogens is 286 g/mol. The maximum Gasteiger partial charge on any atom is 0.280 e. The normalized spacial score (nSPS) is 16.0. The average molecular weight is 304 g/mol. The predicted molar refractivity (Wildman–Crippen MR) is 82.5 cm³/mol. The zero-order valence-electron chi connectivity index (χ0n) is 12.2. The number of rotatable bonds is 3. The van der Waals surface area contributed by atoms with E-state index >= 15 is 0 Å². The van der Waals surface area contributed by atoms with Crippen molar-refractivity contribution < 1.29 is 8.78 Å². The Morgan fingerprint density at radius 2 is 1.64 bits per heavy atom. The van der Waals surface area contributed by atoms with Gasteiger partial charge in [0.15, 0.2) is 0 Å². The fraction of sp³-hybridized carbons (Fsp3) is 0.375. The standard InChI is InChI=1S/C16H18F2N4/c17-16(18)14-11-15(20-12-19-14)22-8-4-7-21(9-10-22)13-5-2-1-3-6-13/h1-3,5-6,11-12,16H,4,7-10H2. The quantitative estimate of drug-likeness (QED) is 0.872. The first-order chi connectivity index (χ1) is 10.7. The molecule has 22 heavy (non-hydrogen) atoms. The van der Waals surface area contributed by atoms with Crippen LogP contribution in [-0.4, -0.2) is 36.1 Å². The van der Waals surface area contributed by atoms with Crippen molar-refractivity contribution in [2.75, 3.05) is 36.0 Å². The van der Waals surface area contributed by atoms with Crippen LogP contribution >= 0.6 is 0 Å². The van der Waals surface area contributed by atoms with Crippen molar-refractivity contribution in [3.05, 3.63) is 48.4 Å². The summed E-state index contributed by atoms with van der Waals surface area (Å²) in [5.74, 6) is 0.584. The predicted octanol–water partition coefficient (Wildman–Crippen LogP) is 3.13. The number of para-hydroxylation sites is 1. The first kappa shape index (κ1) is 14.7. The van der Waals surface area contributed by atoms with Gasteiger partial charge in [-0.15, -0.1) is 0 Å². The minimum Gasteiger partial charge on any atom is -0.370 e. The zero-order chi connectivity index (χ0) is 15.4. The number of alkyl halides is 2. The monoisotopic (exact) mass is 304 g/mol. The summed E-state index contributed by atoms with van der Waals surface area (Å²) in [5, 5.41) is 0. The third-order valence-corrected chi connectivity index (χ3v) is 3.84. The van der Waals surface area contributed by atoms with Crippen LogP contribution in [0.5, 0.6) is 0 Å². The lowest BCUT2D eigenvalue weighted by molar-refractivity contribution is 0.146. The second-order valence-corrected chi connectivity index (χ2v) is 5.26. The molecule has 0 aliphatic carbocycles. The second kappa shape index (κ2) is 6.68. The third kappa shape index (κ3) is 3.32. The fourth-order valence-electron chi connectivity index (χ4n) is 2.70. The van der Waals surface area contributed by atoms with Crippen LogP contribution in [0.4, 0.5) is 20.3 Å². The number of anilines is 2. The number of hydrogen-bond acceptors (Lipinski definition) is 4. The van der Waals surface area contributed by atoms with Gasteiger partial charge in [0.1, 0.15) is 17.8 Å². The molecule has 0 amide bonds. The van der Waals surface area contributed by atoms with Gasteiger partial charge in [-0.3, -0.25) is 0 Å². The van der Waals surface area contributed by atoms with Gasteiger partial charge in [-0.2, -0.15) is 0 Å². The van der Waals surface area contributed by atoms with Crippen LogP contribution in [0.3, 0.4) is 0 Å². The van der Waals surface area contributed by atoms with Gasteiger partial charge in [-0.25, -0.2) is 18.7 Å². The first-order valence-corrected chi connectivity index (χ1v) is 7.39. The number of aromatic nitrogens is 2. The van der Waals surface area contributed by atoms with Crippen LogP contribution in [0.1, 0.15) is 18.5 Å². The molecule has 6 heteroatoms. The number of hydrogen-bond donors (Lipinski definition) is 0. The Morgan fingerprint density at radius 1 is 0.909 bits per heavy atom. The molecule has 3 rings (SSSR count). The van der Waals surface area contributed by atoms with Crippen molar-refractivity contribution in [3.8, 4) is 0 Å². The Balaban J connectivity index is 1.71. The SMILES string of the molecule is FC(F)c1cc(N2CCCN(c3ccccc3)CC2)ncn1. The highest BCUT2D eigenvalue weighted by Gasteiger charge is 2.18. The molecule has 0 unspecified atom stereocenters. The molecule has 1 aromatic carbocycles. The van der Waals surface area contributed by atoms with Gasteiger partial charge in [-0.05, 0) is 18.6 Å². The molecule has 4 nitrogen and oxygen atoms in total. The van der Waals surface area contributed by atoms with Crippen molar-refractivity contribution in [1.29, 1.82) is 0 Å². The van der Waals surface area contributed by atoms with E-state index in [9.17, 15) is 8.78 Å². The van der Waals surface area contributed by atoms with Gasteiger partial charge in [0.25, 0.3) is 6.43 Å². The van der Waals surface area contributed by atoms with E-state index in [0.717, 1.165) is 32.6 Å². The molecule has 1 fully saturated rings. The molecule has 0 bridgehead atoms. The Bertz CT molecular complexity index is 606. The summed E-state index contributed by atoms with van der Waals surface area (Å²) >= 11 is 0. The van der Waals surface area contributed by atoms with Gasteiger partial charge in [0, 0.05) is 37.9 Å². The average Bonchev–Trinajstić information content (AvgIpc) is 2.82. The molecule has 0 atom stereocenters. The topological polar surface area (TPSA) is 32.3 Å². The molecule has 2 aromatic rings. The first-order valence-electron chi connectivity index (χ1n) is 7.39. The van der Waals surface area contributed by atoms with Crippen molar-refractivity contribution >= 4 is 11.5 Å². The molecule has 116 valence electrons. The molecule has 1 aliphatic rings. The van der Waals surface area contributed by atoms with E-state index in [2.05, 4.69) is 31.9 Å². The van der Waals surface area contributed by atoms with Gasteiger partial charge < -0.3 is 9.80 Å². The van der Waals surface area contributed by atoms with Crippen molar-refractivity contribution in [3.63, 3.8) is 0 Å². The minimum atomic E-state index is -2.56. The maximum absolute atomic E-state index is 12.8. The molecule has 0 spiro atoms. The van der Waals surface area contributed by atoms with Crippen LogP contribution < -0.4 is 9.80 Å². The third-order valence-electron chi connectivity index (χ3n) is 3.84. The highest BCUT2D eigenvalue weighted by molar-refractivity contribution is 5.47. The Kier molecular flexibility index (Phi) is 4.46. The fourth-order valence-corrected chi connectivity index (χ4v) is 2.70. The highest BCUT2D eigenvalue weighted by Crippen LogP contribution is 2.22. The van der Waals surface area contributed by atoms with Gasteiger partial charge in [-0.1, -0.05) is 18.2 Å². The van der Waals surface area contributed by atoms with Crippen LogP contribution in [-0.2, 0) is 0 Å². The van der Waals surface area contributed by atoms with E-state index in [1.165, 1.54) is 18.1 Å². The Morgan fingerprint density at radius 3 is 2.41 bits per heavy atom. The molecular formula is C16H18F2N4. The second-order valence-electron chi connectivity index (χ2n) is 5.26. The largest absolute Gasteiger partial charge is 0.370 e. The molecule has 1 saturated heterocycles. The summed E-state index contributed by atoms with van der Waals surface area (Å²) in [6.07, 6.45) is -0.380. The summed E-state index contributed by atoms with van der Waals surface area (Å²) in [5.41, 5.74) is 0.981. The lowest BCUT2D eigenvalue weighted by Crippen LogP contribution is -2.31. The smallest absolute Gasteiger partial charge is 0.280 e. The van der Waals surface area contributed by atoms with Gasteiger partial charge in [0.2, 0.25) is 0 Å². The van der Waals surface area contributed by atoms with E-state index in [4.69, 9.17) is 0 Å². The van der Waals surface area contributed by atoms with Crippen LogP contribution in [0.2, 0.25) is 0 Å². The lowest BCUT2D eigenvalue weighted by atomic mass is 10.3. The summed E-state index contributed by atoms with van der Waals surface area (Å²) in [7, 11) is 0. The Labute approximate surface area is 128 Å². The summed E-state index contributed by atoms with van der Waals surface area (Å²) in [6, 6.07) is 11.6. The summed E-state index contributed by atoms with van der Waals surface area (Å²) in [6.45, 7) is 3.36. The van der Waals surface area contributed by atoms with Crippen molar-refractivity contribution in [1.82, 2.24) is 9.97 Å². The zero-order valence-corrected chi connectivity index (χ0v) is 12.2. The van der Waals surface area contributed by atoms with E-state index in [-0.39, 0.29) is 5.69 Å². The number of nitrogens with zero attached hydrogens (tertiary/aromatic N) is 4. The van der Waals surface area contributed by atoms with E-state index in [0.29, 0.717) is 5.82 Å². The lowest BCUT2D eigenvalue weighted by Gasteiger charge is -2.24. The maximum atomic E-state index is 12.8. The molecule has 0 N–H and O–H groups in total. The molecule has 0 saturated carbocycles. The van der Waals surface area contributed by atoms with Gasteiger partial charge >= 0.3 is 0 Å². The van der Waals surface area contributed by atoms with Crippen LogP contribution in [0.25, 0.3) is 0 Å². The Hall–Kier alpha value is -2.24. The number of benzene rings is 1. The molecule has 0 radical (unpaired) electrons. The van der Waals surface area contributed by atoms with E-state index in [1.807, 2.05) is 18.2 Å². The van der Waals surface area contributed by atoms with E-state index in [1.54, 1.807) is 0 Å². The van der Waals surface area contributed by atoms with Crippen LogP contribution in [0.15, 0.2) is 42.7 Å². The minimum absolute atomic E-state index is 0.214. The van der Waals surface area contributed by atoms with Crippen LogP contribution in [0, 0.1) is 0 Å². The van der Waals surface area contributed by atoms with Crippen molar-refractivity contribution in [2.45, 2.75) is 12.8 Å².